The molecule has 10 heteroatoms. The standard InChI is InChI=1S/C22H18Cl2N2O5S/c1-11-19(31-9-12-13(23)5-4-6-14(12)24)20(22(27)28)32-21(11)26-10-25-15-7-17(29-2)18(30-3)8-16(15)26/h4-8,10H,9H2,1-3H3,(H,27,28). The Morgan fingerprint density at radius 2 is 1.81 bits per heavy atom. The van der Waals surface area contributed by atoms with Gasteiger partial charge in [0.05, 0.1) is 25.3 Å². The Labute approximate surface area is 197 Å². The molecule has 0 aliphatic heterocycles. The van der Waals surface area contributed by atoms with Crippen LogP contribution in [-0.4, -0.2) is 34.8 Å². The molecule has 1 N–H and O–H groups in total. The van der Waals surface area contributed by atoms with E-state index in [2.05, 4.69) is 4.98 Å². The van der Waals surface area contributed by atoms with Crippen LogP contribution < -0.4 is 14.2 Å². The number of carbonyl (C=O) groups is 1. The predicted molar refractivity (Wildman–Crippen MR) is 125 cm³/mol. The average Bonchev–Trinajstić information content (AvgIpc) is 3.32. The van der Waals surface area contributed by atoms with Crippen LogP contribution in [0.2, 0.25) is 10.0 Å². The van der Waals surface area contributed by atoms with Crippen LogP contribution in [0, 0.1) is 6.92 Å². The fourth-order valence-corrected chi connectivity index (χ4v) is 4.93. The number of imidazole rings is 1. The maximum Gasteiger partial charge on any atom is 0.349 e. The van der Waals surface area contributed by atoms with Gasteiger partial charge in [0.15, 0.2) is 16.4 Å². The molecule has 32 heavy (non-hydrogen) atoms. The predicted octanol–water partition coefficient (Wildman–Crippen LogP) is 6.00. The monoisotopic (exact) mass is 492 g/mol. The van der Waals surface area contributed by atoms with Crippen molar-refractivity contribution >= 4 is 51.5 Å². The van der Waals surface area contributed by atoms with Crippen molar-refractivity contribution in [3.63, 3.8) is 0 Å². The van der Waals surface area contributed by atoms with Gasteiger partial charge in [-0.25, -0.2) is 9.78 Å². The molecule has 0 atom stereocenters. The number of ether oxygens (including phenoxy) is 3. The van der Waals surface area contributed by atoms with Crippen LogP contribution in [0.15, 0.2) is 36.7 Å². The molecule has 166 valence electrons. The number of benzene rings is 2. The SMILES string of the molecule is COc1cc2ncn(-c3sc(C(=O)O)c(OCc4c(Cl)cccc4Cl)c3C)c2cc1OC. The minimum absolute atomic E-state index is 0.0332. The van der Waals surface area contributed by atoms with Gasteiger partial charge in [0, 0.05) is 33.3 Å². The molecule has 2 aromatic heterocycles. The molecule has 0 aliphatic rings. The lowest BCUT2D eigenvalue weighted by molar-refractivity contribution is 0.0697. The molecule has 2 aromatic carbocycles. The van der Waals surface area contributed by atoms with Crippen molar-refractivity contribution in [1.29, 1.82) is 0 Å². The van der Waals surface area contributed by atoms with Gasteiger partial charge in [-0.05, 0) is 19.1 Å². The normalized spacial score (nSPS) is 11.0. The number of nitrogens with zero attached hydrogens (tertiary/aromatic N) is 2. The summed E-state index contributed by atoms with van der Waals surface area (Å²) in [6.45, 7) is 1.83. The number of halogens is 2. The number of methoxy groups -OCH3 is 2. The number of carboxylic acids is 1. The molecule has 0 unspecified atom stereocenters. The van der Waals surface area contributed by atoms with Gasteiger partial charge in [0.2, 0.25) is 0 Å². The average molecular weight is 493 g/mol. The Morgan fingerprint density at radius 1 is 1.16 bits per heavy atom. The highest BCUT2D eigenvalue weighted by Gasteiger charge is 2.24. The summed E-state index contributed by atoms with van der Waals surface area (Å²) in [7, 11) is 3.10. The first-order chi connectivity index (χ1) is 15.3. The Kier molecular flexibility index (Phi) is 6.19. The summed E-state index contributed by atoms with van der Waals surface area (Å²) in [4.78, 5) is 16.5. The number of fused-ring (bicyclic) bond motifs is 1. The molecule has 0 saturated heterocycles. The molecule has 7 nitrogen and oxygen atoms in total. The highest BCUT2D eigenvalue weighted by Crippen LogP contribution is 2.41. The number of thiophene rings is 1. The van der Waals surface area contributed by atoms with Crippen molar-refractivity contribution in [2.24, 2.45) is 0 Å². The minimum Gasteiger partial charge on any atom is -0.493 e. The Bertz CT molecular complexity index is 1310. The van der Waals surface area contributed by atoms with E-state index in [1.54, 1.807) is 62.4 Å². The zero-order chi connectivity index (χ0) is 23.0. The Balaban J connectivity index is 1.79. The molecule has 0 amide bonds. The van der Waals surface area contributed by atoms with Crippen LogP contribution >= 0.6 is 34.5 Å². The summed E-state index contributed by atoms with van der Waals surface area (Å²) in [6, 6.07) is 8.70. The minimum atomic E-state index is -1.09. The van der Waals surface area contributed by atoms with Gasteiger partial charge >= 0.3 is 5.97 Å². The third-order valence-corrected chi connectivity index (χ3v) is 6.92. The second kappa shape index (κ2) is 8.90. The smallest absolute Gasteiger partial charge is 0.349 e. The van der Waals surface area contributed by atoms with E-state index in [0.717, 1.165) is 16.9 Å². The van der Waals surface area contributed by atoms with Gasteiger partial charge in [-0.3, -0.25) is 4.57 Å². The molecule has 4 aromatic rings. The quantitative estimate of drug-likeness (QED) is 0.340. The molecule has 0 bridgehead atoms. The van der Waals surface area contributed by atoms with Crippen LogP contribution in [0.5, 0.6) is 17.2 Å². The van der Waals surface area contributed by atoms with E-state index < -0.39 is 5.97 Å². The van der Waals surface area contributed by atoms with Gasteiger partial charge < -0.3 is 19.3 Å². The number of hydrogen-bond acceptors (Lipinski definition) is 6. The Hall–Kier alpha value is -2.94. The number of aromatic nitrogens is 2. The molecule has 0 saturated carbocycles. The first-order valence-electron chi connectivity index (χ1n) is 9.37. The summed E-state index contributed by atoms with van der Waals surface area (Å²) in [5, 5.41) is 11.3. The highest BCUT2D eigenvalue weighted by molar-refractivity contribution is 7.17. The lowest BCUT2D eigenvalue weighted by Crippen LogP contribution is -2.02. The molecule has 0 fully saturated rings. The van der Waals surface area contributed by atoms with E-state index in [9.17, 15) is 9.90 Å². The second-order valence-electron chi connectivity index (χ2n) is 6.79. The van der Waals surface area contributed by atoms with Gasteiger partial charge in [-0.15, -0.1) is 11.3 Å². The summed E-state index contributed by atoms with van der Waals surface area (Å²) in [5.41, 5.74) is 2.66. The Morgan fingerprint density at radius 3 is 2.44 bits per heavy atom. The first kappa shape index (κ1) is 22.3. The van der Waals surface area contributed by atoms with Gasteiger partial charge in [-0.2, -0.15) is 0 Å². The maximum absolute atomic E-state index is 12.0. The van der Waals surface area contributed by atoms with Crippen molar-refractivity contribution in [2.45, 2.75) is 13.5 Å². The van der Waals surface area contributed by atoms with Crippen LogP contribution in [0.25, 0.3) is 16.0 Å². The number of rotatable bonds is 7. The summed E-state index contributed by atoms with van der Waals surface area (Å²) in [6.07, 6.45) is 1.63. The first-order valence-corrected chi connectivity index (χ1v) is 10.9. The van der Waals surface area contributed by atoms with E-state index in [4.69, 9.17) is 37.4 Å². The highest BCUT2D eigenvalue weighted by atomic mass is 35.5. The van der Waals surface area contributed by atoms with Crippen molar-refractivity contribution in [1.82, 2.24) is 9.55 Å². The molecule has 0 aliphatic carbocycles. The van der Waals surface area contributed by atoms with Crippen molar-refractivity contribution in [2.75, 3.05) is 14.2 Å². The lowest BCUT2D eigenvalue weighted by atomic mass is 10.2. The maximum atomic E-state index is 12.0. The number of hydrogen-bond donors (Lipinski definition) is 1. The topological polar surface area (TPSA) is 82.8 Å². The number of carboxylic acid groups (broad SMARTS) is 1. The molecular weight excluding hydrogens is 475 g/mol. The van der Waals surface area contributed by atoms with Crippen molar-refractivity contribution in [3.05, 3.63) is 62.7 Å². The fraction of sp³-hybridized carbons (Fsp3) is 0.182. The van der Waals surface area contributed by atoms with E-state index in [1.165, 1.54) is 0 Å². The summed E-state index contributed by atoms with van der Waals surface area (Å²) >= 11 is 13.6. The van der Waals surface area contributed by atoms with Gasteiger partial charge in [0.1, 0.15) is 23.7 Å². The van der Waals surface area contributed by atoms with Crippen LogP contribution in [-0.2, 0) is 6.61 Å². The molecule has 0 spiro atoms. The van der Waals surface area contributed by atoms with E-state index in [-0.39, 0.29) is 17.2 Å². The van der Waals surface area contributed by atoms with Crippen LogP contribution in [0.4, 0.5) is 0 Å². The van der Waals surface area contributed by atoms with Gasteiger partial charge in [0.25, 0.3) is 0 Å². The molecule has 2 heterocycles. The van der Waals surface area contributed by atoms with E-state index in [1.807, 2.05) is 0 Å². The number of aromatic carboxylic acids is 1. The van der Waals surface area contributed by atoms with Gasteiger partial charge in [-0.1, -0.05) is 29.3 Å². The fourth-order valence-electron chi connectivity index (χ4n) is 3.34. The molecule has 0 radical (unpaired) electrons. The third-order valence-electron chi connectivity index (χ3n) is 4.95. The zero-order valence-electron chi connectivity index (χ0n) is 17.3. The van der Waals surface area contributed by atoms with E-state index in [0.29, 0.717) is 43.2 Å². The van der Waals surface area contributed by atoms with Crippen LogP contribution in [0.1, 0.15) is 20.8 Å². The summed E-state index contributed by atoms with van der Waals surface area (Å²) in [5.74, 6) is 0.267. The largest absolute Gasteiger partial charge is 0.493 e. The lowest BCUT2D eigenvalue weighted by Gasteiger charge is -2.11. The molecular formula is C22H18Cl2N2O5S. The zero-order valence-corrected chi connectivity index (χ0v) is 19.6. The van der Waals surface area contributed by atoms with Crippen LogP contribution in [0.3, 0.4) is 0 Å². The second-order valence-corrected chi connectivity index (χ2v) is 8.61. The molecule has 4 rings (SSSR count). The van der Waals surface area contributed by atoms with E-state index >= 15 is 0 Å². The summed E-state index contributed by atoms with van der Waals surface area (Å²) < 4.78 is 18.5. The van der Waals surface area contributed by atoms with Crippen molar-refractivity contribution in [3.8, 4) is 22.2 Å². The van der Waals surface area contributed by atoms with Crippen molar-refractivity contribution < 1.29 is 24.1 Å². The third kappa shape index (κ3) is 3.85.